The highest BCUT2D eigenvalue weighted by molar-refractivity contribution is 7.98. The second-order valence-electron chi connectivity index (χ2n) is 3.63. The number of thioether (sulfide) groups is 1. The average Bonchev–Trinajstić information content (AvgIpc) is 2.38. The fourth-order valence-electron chi connectivity index (χ4n) is 1.36. The van der Waals surface area contributed by atoms with Gasteiger partial charge in [0.05, 0.1) is 4.92 Å². The summed E-state index contributed by atoms with van der Waals surface area (Å²) in [6.07, 6.45) is 1.71. The van der Waals surface area contributed by atoms with Crippen molar-refractivity contribution in [3.05, 3.63) is 58.3 Å². The van der Waals surface area contributed by atoms with Crippen LogP contribution in [0.25, 0.3) is 0 Å². The number of hydrogen-bond donors (Lipinski definition) is 1. The fraction of sp³-hybridized carbons (Fsp3) is 0.0833. The monoisotopic (exact) mass is 261 g/mol. The summed E-state index contributed by atoms with van der Waals surface area (Å²) in [4.78, 5) is 15.1. The Morgan fingerprint density at radius 3 is 2.50 bits per heavy atom. The van der Waals surface area contributed by atoms with E-state index in [0.29, 0.717) is 5.82 Å². The Labute approximate surface area is 108 Å². The number of aromatic nitrogens is 1. The molecule has 1 heterocycles. The highest BCUT2D eigenvalue weighted by Gasteiger charge is 2.04. The van der Waals surface area contributed by atoms with E-state index in [1.807, 2.05) is 6.07 Å². The van der Waals surface area contributed by atoms with Gasteiger partial charge in [-0.3, -0.25) is 10.1 Å². The molecule has 0 atom stereocenters. The number of non-ortho nitro benzene ring substituents is 1. The van der Waals surface area contributed by atoms with Crippen molar-refractivity contribution in [3.8, 4) is 0 Å². The Bertz CT molecular complexity index is 540. The van der Waals surface area contributed by atoms with Crippen molar-refractivity contribution >= 4 is 23.3 Å². The molecular formula is C12H11N3O2S. The van der Waals surface area contributed by atoms with Gasteiger partial charge in [0.15, 0.2) is 0 Å². The molecule has 0 aliphatic heterocycles. The van der Waals surface area contributed by atoms with E-state index in [1.165, 1.54) is 12.1 Å². The lowest BCUT2D eigenvalue weighted by Crippen LogP contribution is -1.89. The van der Waals surface area contributed by atoms with Crippen LogP contribution < -0.4 is 5.73 Å². The van der Waals surface area contributed by atoms with E-state index in [1.54, 1.807) is 36.2 Å². The maximum absolute atomic E-state index is 10.5. The number of nitro benzene ring substituents is 1. The summed E-state index contributed by atoms with van der Waals surface area (Å²) in [5.74, 6) is 1.23. The molecule has 0 saturated heterocycles. The predicted octanol–water partition coefficient (Wildman–Crippen LogP) is 2.86. The zero-order valence-corrected chi connectivity index (χ0v) is 10.3. The van der Waals surface area contributed by atoms with Crippen LogP contribution in [0.15, 0.2) is 47.5 Å². The normalized spacial score (nSPS) is 10.2. The molecule has 0 aliphatic carbocycles. The van der Waals surface area contributed by atoms with Gasteiger partial charge < -0.3 is 5.73 Å². The molecule has 6 heteroatoms. The van der Waals surface area contributed by atoms with E-state index < -0.39 is 4.92 Å². The molecule has 1 aromatic carbocycles. The van der Waals surface area contributed by atoms with Crippen LogP contribution in [0.1, 0.15) is 5.56 Å². The summed E-state index contributed by atoms with van der Waals surface area (Å²) in [5.41, 5.74) is 6.63. The standard InChI is InChI=1S/C12H11N3O2S/c13-12-6-5-11(7-14-12)18-8-9-1-3-10(4-2-9)15(16)17/h1-7H,8H2,(H2,13,14). The smallest absolute Gasteiger partial charge is 0.269 e. The van der Waals surface area contributed by atoms with E-state index in [-0.39, 0.29) is 5.69 Å². The van der Waals surface area contributed by atoms with Crippen LogP contribution in [0, 0.1) is 10.1 Å². The van der Waals surface area contributed by atoms with E-state index in [0.717, 1.165) is 16.2 Å². The molecule has 0 aliphatic rings. The van der Waals surface area contributed by atoms with Gasteiger partial charge in [0, 0.05) is 29.0 Å². The van der Waals surface area contributed by atoms with Crippen LogP contribution in [0.5, 0.6) is 0 Å². The molecule has 5 nitrogen and oxygen atoms in total. The molecule has 0 saturated carbocycles. The Hall–Kier alpha value is -2.08. The number of hydrogen-bond acceptors (Lipinski definition) is 5. The van der Waals surface area contributed by atoms with E-state index in [2.05, 4.69) is 4.98 Å². The number of pyridine rings is 1. The molecule has 0 radical (unpaired) electrons. The highest BCUT2D eigenvalue weighted by Crippen LogP contribution is 2.23. The van der Waals surface area contributed by atoms with Crippen LogP contribution in [-0.2, 0) is 5.75 Å². The molecular weight excluding hydrogens is 250 g/mol. The third-order valence-corrected chi connectivity index (χ3v) is 3.36. The highest BCUT2D eigenvalue weighted by atomic mass is 32.2. The number of nitro groups is 1. The summed E-state index contributed by atoms with van der Waals surface area (Å²) in [6, 6.07) is 10.2. The zero-order chi connectivity index (χ0) is 13.0. The molecule has 2 aromatic rings. The van der Waals surface area contributed by atoms with Gasteiger partial charge in [-0.2, -0.15) is 0 Å². The quantitative estimate of drug-likeness (QED) is 0.520. The number of nitrogens with two attached hydrogens (primary N) is 1. The molecule has 0 bridgehead atoms. The second-order valence-corrected chi connectivity index (χ2v) is 4.68. The van der Waals surface area contributed by atoms with Crippen molar-refractivity contribution in [1.29, 1.82) is 0 Å². The lowest BCUT2D eigenvalue weighted by atomic mass is 10.2. The van der Waals surface area contributed by atoms with Crippen molar-refractivity contribution in [2.75, 3.05) is 5.73 Å². The van der Waals surface area contributed by atoms with Crippen molar-refractivity contribution in [2.45, 2.75) is 10.6 Å². The lowest BCUT2D eigenvalue weighted by Gasteiger charge is -2.02. The van der Waals surface area contributed by atoms with Gasteiger partial charge in [-0.05, 0) is 17.7 Å². The number of benzene rings is 1. The Balaban J connectivity index is 1.97. The van der Waals surface area contributed by atoms with Crippen LogP contribution in [0.2, 0.25) is 0 Å². The van der Waals surface area contributed by atoms with Gasteiger partial charge in [-0.25, -0.2) is 4.98 Å². The zero-order valence-electron chi connectivity index (χ0n) is 9.45. The summed E-state index contributed by atoms with van der Waals surface area (Å²) < 4.78 is 0. The summed E-state index contributed by atoms with van der Waals surface area (Å²) in [6.45, 7) is 0. The van der Waals surface area contributed by atoms with E-state index in [4.69, 9.17) is 5.73 Å². The number of rotatable bonds is 4. The maximum atomic E-state index is 10.5. The molecule has 92 valence electrons. The molecule has 2 rings (SSSR count). The minimum atomic E-state index is -0.402. The van der Waals surface area contributed by atoms with Crippen molar-refractivity contribution < 1.29 is 4.92 Å². The minimum Gasteiger partial charge on any atom is -0.384 e. The molecule has 1 aromatic heterocycles. The SMILES string of the molecule is Nc1ccc(SCc2ccc([N+](=O)[O-])cc2)cn1. The largest absolute Gasteiger partial charge is 0.384 e. The first kappa shape index (κ1) is 12.4. The van der Waals surface area contributed by atoms with Crippen molar-refractivity contribution in [1.82, 2.24) is 4.98 Å². The number of nitrogens with zero attached hydrogens (tertiary/aromatic N) is 2. The summed E-state index contributed by atoms with van der Waals surface area (Å²) >= 11 is 1.61. The first-order valence-corrected chi connectivity index (χ1v) is 6.21. The van der Waals surface area contributed by atoms with Crippen molar-refractivity contribution in [2.24, 2.45) is 0 Å². The summed E-state index contributed by atoms with van der Waals surface area (Å²) in [5, 5.41) is 10.5. The third kappa shape index (κ3) is 3.21. The molecule has 0 amide bonds. The van der Waals surface area contributed by atoms with Crippen LogP contribution >= 0.6 is 11.8 Å². The van der Waals surface area contributed by atoms with Crippen LogP contribution in [0.4, 0.5) is 11.5 Å². The Morgan fingerprint density at radius 1 is 1.22 bits per heavy atom. The van der Waals surface area contributed by atoms with Gasteiger partial charge in [0.1, 0.15) is 5.82 Å². The van der Waals surface area contributed by atoms with Crippen LogP contribution in [0.3, 0.4) is 0 Å². The first-order valence-electron chi connectivity index (χ1n) is 5.23. The molecule has 2 N–H and O–H groups in total. The maximum Gasteiger partial charge on any atom is 0.269 e. The van der Waals surface area contributed by atoms with Gasteiger partial charge in [0.2, 0.25) is 0 Å². The topological polar surface area (TPSA) is 82.0 Å². The van der Waals surface area contributed by atoms with E-state index in [9.17, 15) is 10.1 Å². The Morgan fingerprint density at radius 2 is 1.94 bits per heavy atom. The molecule has 18 heavy (non-hydrogen) atoms. The second kappa shape index (κ2) is 5.50. The van der Waals surface area contributed by atoms with E-state index >= 15 is 0 Å². The third-order valence-electron chi connectivity index (χ3n) is 2.31. The van der Waals surface area contributed by atoms with Crippen molar-refractivity contribution in [3.63, 3.8) is 0 Å². The van der Waals surface area contributed by atoms with Gasteiger partial charge in [-0.15, -0.1) is 11.8 Å². The lowest BCUT2D eigenvalue weighted by molar-refractivity contribution is -0.384. The minimum absolute atomic E-state index is 0.109. The number of nitrogen functional groups attached to an aromatic ring is 1. The number of anilines is 1. The fourth-order valence-corrected chi connectivity index (χ4v) is 2.17. The predicted molar refractivity (Wildman–Crippen MR) is 71.3 cm³/mol. The molecule has 0 spiro atoms. The van der Waals surface area contributed by atoms with Gasteiger partial charge in [0.25, 0.3) is 5.69 Å². The van der Waals surface area contributed by atoms with Gasteiger partial charge >= 0.3 is 0 Å². The average molecular weight is 261 g/mol. The molecule has 0 unspecified atom stereocenters. The summed E-state index contributed by atoms with van der Waals surface area (Å²) in [7, 11) is 0. The first-order chi connectivity index (χ1) is 8.65. The van der Waals surface area contributed by atoms with Crippen LogP contribution in [-0.4, -0.2) is 9.91 Å². The molecule has 0 fully saturated rings. The Kier molecular flexibility index (Phi) is 3.78. The van der Waals surface area contributed by atoms with Gasteiger partial charge in [-0.1, -0.05) is 12.1 Å².